The van der Waals surface area contributed by atoms with Crippen LogP contribution >= 0.6 is 0 Å². The van der Waals surface area contributed by atoms with Gasteiger partial charge in [-0.05, 0) is 76.3 Å². The van der Waals surface area contributed by atoms with Gasteiger partial charge in [-0.1, -0.05) is 81.4 Å². The van der Waals surface area contributed by atoms with Crippen LogP contribution in [0.25, 0.3) is 0 Å². The van der Waals surface area contributed by atoms with Crippen molar-refractivity contribution >= 4 is 83.3 Å². The maximum atomic E-state index is 12.2. The fraction of sp³-hybridized carbons (Fsp3) is 0.628. The average molecular weight is 1850 g/mol. The second-order valence-corrected chi connectivity index (χ2v) is 31.1. The van der Waals surface area contributed by atoms with Crippen molar-refractivity contribution in [2.75, 3.05) is 26.4 Å². The fourth-order valence-electron chi connectivity index (χ4n) is 13.6. The first-order chi connectivity index (χ1) is 61.5. The maximum absolute atomic E-state index is 12.2. The lowest BCUT2D eigenvalue weighted by atomic mass is 10.00. The first kappa shape index (κ1) is 109. The Hall–Kier alpha value is -11.0. The second-order valence-electron chi connectivity index (χ2n) is 31.1. The summed E-state index contributed by atoms with van der Waals surface area (Å²) in [5.74, 6) is -11.2. The molecular formula is C86H126N8O36+2. The van der Waals surface area contributed by atoms with Crippen molar-refractivity contribution in [1.82, 2.24) is 9.80 Å². The van der Waals surface area contributed by atoms with E-state index in [0.29, 0.717) is 75.4 Å². The van der Waals surface area contributed by atoms with Crippen LogP contribution in [0.1, 0.15) is 206 Å². The van der Waals surface area contributed by atoms with Crippen LogP contribution in [-0.4, -0.2) is 283 Å². The molecule has 2 aromatic rings. The molecule has 20 atom stereocenters. The summed E-state index contributed by atoms with van der Waals surface area (Å²) in [5.41, 5.74) is 22.3. The van der Waals surface area contributed by atoms with E-state index in [0.717, 1.165) is 0 Å². The van der Waals surface area contributed by atoms with Gasteiger partial charge in [0.2, 0.25) is 11.8 Å². The van der Waals surface area contributed by atoms with Gasteiger partial charge in [0.15, 0.2) is 80.0 Å². The normalized spacial score (nSPS) is 24.6. The largest absolute Gasteiger partial charge is 0.463 e. The van der Waals surface area contributed by atoms with Gasteiger partial charge in [0.1, 0.15) is 105 Å². The number of primary amides is 4. The molecule has 6 aliphatic rings. The molecule has 4 amide bonds. The van der Waals surface area contributed by atoms with Gasteiger partial charge < -0.3 is 140 Å². The van der Waals surface area contributed by atoms with Crippen molar-refractivity contribution in [3.8, 4) is 0 Å². The zero-order chi connectivity index (χ0) is 97.1. The smallest absolute Gasteiger partial charge is 0.335 e. The summed E-state index contributed by atoms with van der Waals surface area (Å²) in [5, 5.41) is 80.6. The summed E-state index contributed by atoms with van der Waals surface area (Å²) in [6.07, 6.45) is -3.24. The van der Waals surface area contributed by atoms with E-state index >= 15 is 0 Å². The monoisotopic (exact) mass is 1850 g/mol. The summed E-state index contributed by atoms with van der Waals surface area (Å²) in [4.78, 5) is 168. The number of ether oxygens (including phenoxy) is 14. The molecule has 0 aromatic carbocycles. The molecule has 0 saturated carbocycles. The zero-order valence-corrected chi connectivity index (χ0v) is 74.8. The van der Waals surface area contributed by atoms with E-state index in [2.05, 4.69) is 0 Å². The van der Waals surface area contributed by atoms with Crippen molar-refractivity contribution in [3.05, 3.63) is 108 Å². The summed E-state index contributed by atoms with van der Waals surface area (Å²) < 4.78 is 77.8. The Morgan fingerprint density at radius 2 is 0.708 bits per heavy atom. The molecule has 0 spiro atoms. The van der Waals surface area contributed by atoms with Crippen molar-refractivity contribution in [2.24, 2.45) is 34.8 Å². The molecule has 0 unspecified atom stereocenters. The van der Waals surface area contributed by atoms with E-state index in [1.165, 1.54) is 72.5 Å². The number of pyridine rings is 2. The number of aliphatic hydroxyl groups is 8. The summed E-state index contributed by atoms with van der Waals surface area (Å²) in [7, 11) is 0. The molecule has 8 heterocycles. The zero-order valence-electron chi connectivity index (χ0n) is 74.8. The van der Waals surface area contributed by atoms with Crippen molar-refractivity contribution in [1.29, 1.82) is 0 Å². The van der Waals surface area contributed by atoms with Gasteiger partial charge in [-0.15, -0.1) is 0 Å². The predicted molar refractivity (Wildman–Crippen MR) is 443 cm³/mol. The van der Waals surface area contributed by atoms with Gasteiger partial charge in [0.25, 0.3) is 18.0 Å². The molecule has 0 aliphatic carbocycles. The van der Waals surface area contributed by atoms with Gasteiger partial charge in [-0.3, -0.25) is 47.9 Å². The minimum Gasteiger partial charge on any atom is -0.463 e. The Morgan fingerprint density at radius 1 is 0.408 bits per heavy atom. The van der Waals surface area contributed by atoms with Crippen LogP contribution in [0.15, 0.2) is 97.2 Å². The summed E-state index contributed by atoms with van der Waals surface area (Å²) in [6.45, 7) is 19.6. The predicted octanol–water partition coefficient (Wildman–Crippen LogP) is -0.776. The summed E-state index contributed by atoms with van der Waals surface area (Å²) in [6, 6.07) is 6.15. The molecule has 0 bridgehead atoms. The third-order valence-corrected chi connectivity index (χ3v) is 21.5. The molecule has 130 heavy (non-hydrogen) atoms. The van der Waals surface area contributed by atoms with Crippen LogP contribution in [-0.2, 0) is 124 Å². The molecule has 8 rings (SSSR count). The Balaban J connectivity index is 0.000000307. The number of hydrogen-bond donors (Lipinski definition) is 12. The standard InChI is InChI=1S/C23H34N2O9.C23H32N2O9.C20H30N2O9.C20H28N2O9/c2*1-5-16(6-2)33-23(30)17(27)10-19(28)31-12-18-13(3)20(32-14(4)26)22(34-18)25-9-7-8-15(11-25)21(24)29;2*1-3-12(4-2)30-20(28)13(23)8-15(24)29-10-14-16(25)17(26)19(31-14)22-7-5-6-11(9-22)18(21)27/h7,9,11,13,16-18,20,22,27H,5-6,8,10,12H2,1-4H3,(H2,24,29);7-9,11,13,16-18,20,22,27H,5-6,10,12H2,1-4H3,(H-,24,29);5,7,9,12-14,16-17,19,23,25-26H,3-4,6,8,10H2,1-2H3,(H2,21,27);5-7,9,12-14,16-17,19,23,25-26H,3-4,8,10H2,1-2H3,(H-,21,27)/p+2/t2*13-,17+,18-,20-,22-;2*13-,14+,16+,17+,19+/m1100/s1. The van der Waals surface area contributed by atoms with E-state index in [4.69, 9.17) is 89.3 Å². The molecule has 724 valence electrons. The number of aliphatic hydroxyl groups excluding tert-OH is 8. The minimum atomic E-state index is -1.67. The lowest BCUT2D eigenvalue weighted by Crippen LogP contribution is -2.46. The highest BCUT2D eigenvalue weighted by atomic mass is 16.6. The highest BCUT2D eigenvalue weighted by Gasteiger charge is 2.53. The van der Waals surface area contributed by atoms with Gasteiger partial charge in [-0.25, -0.2) is 19.2 Å². The number of amides is 4. The van der Waals surface area contributed by atoms with Crippen LogP contribution in [0, 0.1) is 11.8 Å². The van der Waals surface area contributed by atoms with E-state index < -0.39 is 233 Å². The van der Waals surface area contributed by atoms with Gasteiger partial charge in [-0.2, -0.15) is 9.13 Å². The molecule has 44 nitrogen and oxygen atoms in total. The SMILES string of the molecule is CCC(CC)OC(=O)[C@@H](O)CC(=O)OC[C@H]1O[C@@H](N2C=CCC(C(N)=O)=C2)[C@H](O)[C@@H]1O.CCC(CC)OC(=O)[C@@H](O)CC(=O)OC[C@H]1O[C@@H](N2C=CCC(C(N)=O)=C2)[C@H](OC(C)=O)[C@@H]1C.CCC(CC)OC(=O)[C@@H](O)CC(=O)OC[C@H]1O[C@@H]([n+]2cccc(C(N)=O)c2)[C@H](O)[C@@H]1O.CCC(CC)OC(=O)[C@@H](O)CC(=O)OC[C@H]1O[C@@H]([n+]2cccc(C(N)=O)c2)[C@H](OC(C)=O)[C@@H]1C. The number of esters is 10. The van der Waals surface area contributed by atoms with Crippen molar-refractivity contribution in [3.63, 3.8) is 0 Å². The Kier molecular flexibility index (Phi) is 45.4. The molecule has 0 radical (unpaired) electrons. The Bertz CT molecular complexity index is 4260. The highest BCUT2D eigenvalue weighted by Crippen LogP contribution is 2.37. The minimum absolute atomic E-state index is 0.178. The molecule has 4 saturated heterocycles. The molecule has 16 N–H and O–H groups in total. The van der Waals surface area contributed by atoms with E-state index in [1.54, 1.807) is 60.1 Å². The van der Waals surface area contributed by atoms with E-state index in [9.17, 15) is 108 Å². The van der Waals surface area contributed by atoms with Crippen LogP contribution in [0.3, 0.4) is 0 Å². The number of carbonyl (C=O) groups is 14. The topological polar surface area (TPSA) is 648 Å². The Labute approximate surface area is 750 Å². The molecular weight excluding hydrogens is 1720 g/mol. The van der Waals surface area contributed by atoms with E-state index in [1.807, 2.05) is 55.4 Å². The quantitative estimate of drug-likeness (QED) is 0.0220. The summed E-state index contributed by atoms with van der Waals surface area (Å²) >= 11 is 0. The second kappa shape index (κ2) is 53.9. The number of aromatic nitrogens is 2. The number of carbonyl (C=O) groups excluding carboxylic acids is 14. The van der Waals surface area contributed by atoms with Crippen LogP contribution in [0.2, 0.25) is 0 Å². The third kappa shape index (κ3) is 33.4. The number of nitrogens with two attached hydrogens (primary N) is 4. The molecule has 6 aliphatic heterocycles. The van der Waals surface area contributed by atoms with Crippen LogP contribution in [0.5, 0.6) is 0 Å². The van der Waals surface area contributed by atoms with Crippen LogP contribution < -0.4 is 32.1 Å². The van der Waals surface area contributed by atoms with Gasteiger partial charge in [0, 0.05) is 73.8 Å². The number of allylic oxidation sites excluding steroid dienone is 2. The lowest BCUT2D eigenvalue weighted by Gasteiger charge is -2.30. The first-order valence-electron chi connectivity index (χ1n) is 42.8. The maximum Gasteiger partial charge on any atom is 0.335 e. The van der Waals surface area contributed by atoms with Crippen molar-refractivity contribution < 1.29 is 183 Å². The van der Waals surface area contributed by atoms with Crippen molar-refractivity contribution in [2.45, 2.75) is 308 Å². The van der Waals surface area contributed by atoms with Crippen LogP contribution in [0.4, 0.5) is 0 Å². The third-order valence-electron chi connectivity index (χ3n) is 21.5. The number of hydrogen-bond acceptors (Lipinski definition) is 38. The molecule has 44 heteroatoms. The van der Waals surface area contributed by atoms with Gasteiger partial charge in [0.05, 0.1) is 25.7 Å². The van der Waals surface area contributed by atoms with E-state index in [-0.39, 0.29) is 60.6 Å². The first-order valence-corrected chi connectivity index (χ1v) is 42.8. The fourth-order valence-corrected chi connectivity index (χ4v) is 13.6. The average Bonchev–Trinajstić information content (AvgIpc) is 1.66. The molecule has 4 fully saturated rings. The van der Waals surface area contributed by atoms with Gasteiger partial charge >= 0.3 is 65.9 Å². The number of nitrogens with zero attached hydrogens (tertiary/aromatic N) is 4. The molecule has 2 aromatic heterocycles. The number of rotatable bonds is 42. The highest BCUT2D eigenvalue weighted by molar-refractivity contribution is 5.94. The lowest BCUT2D eigenvalue weighted by molar-refractivity contribution is -0.765. The Morgan fingerprint density at radius 3 is 1.05 bits per heavy atom.